The molecule has 1 aromatic rings. The molecule has 1 aromatic carbocycles. The predicted octanol–water partition coefficient (Wildman–Crippen LogP) is 1.76. The van der Waals surface area contributed by atoms with Gasteiger partial charge in [0.05, 0.1) is 22.0 Å². The van der Waals surface area contributed by atoms with E-state index in [2.05, 4.69) is 0 Å². The molecule has 0 radical (unpaired) electrons. The van der Waals surface area contributed by atoms with Crippen LogP contribution in [-0.4, -0.2) is 21.4 Å². The van der Waals surface area contributed by atoms with Gasteiger partial charge in [-0.05, 0) is 18.2 Å². The van der Waals surface area contributed by atoms with Crippen molar-refractivity contribution in [3.05, 3.63) is 28.8 Å². The average molecular weight is 281 g/mol. The van der Waals surface area contributed by atoms with Gasteiger partial charge in [-0.25, -0.2) is 21.9 Å². The minimum absolute atomic E-state index is 0.0487. The standard InChI is InChI=1S/C9H7ClF2N2O2S/c10-8-3-7(2-1-6(8)4-13)17(15,16)14-5-9(11)12/h1-3,9,14H,5H2. The molecule has 17 heavy (non-hydrogen) atoms. The number of halogens is 3. The zero-order valence-corrected chi connectivity index (χ0v) is 9.89. The molecule has 0 aliphatic carbocycles. The molecule has 8 heteroatoms. The zero-order valence-electron chi connectivity index (χ0n) is 8.32. The molecular formula is C9H7ClF2N2O2S. The van der Waals surface area contributed by atoms with Gasteiger partial charge in [0.15, 0.2) is 0 Å². The molecule has 0 bridgehead atoms. The van der Waals surface area contributed by atoms with Crippen LogP contribution in [0.4, 0.5) is 8.78 Å². The summed E-state index contributed by atoms with van der Waals surface area (Å²) >= 11 is 5.64. The van der Waals surface area contributed by atoms with Gasteiger partial charge in [0, 0.05) is 0 Å². The second-order valence-electron chi connectivity index (χ2n) is 3.00. The highest BCUT2D eigenvalue weighted by Crippen LogP contribution is 2.20. The Kier molecular flexibility index (Phi) is 4.40. The molecule has 0 fully saturated rings. The monoisotopic (exact) mass is 280 g/mol. The van der Waals surface area contributed by atoms with Crippen LogP contribution < -0.4 is 4.72 Å². The maximum atomic E-state index is 11.9. The summed E-state index contributed by atoms with van der Waals surface area (Å²) in [5.41, 5.74) is 0.111. The molecule has 1 N–H and O–H groups in total. The van der Waals surface area contributed by atoms with E-state index < -0.39 is 23.0 Å². The van der Waals surface area contributed by atoms with Crippen molar-refractivity contribution in [1.82, 2.24) is 4.72 Å². The van der Waals surface area contributed by atoms with Crippen LogP contribution in [0.1, 0.15) is 5.56 Å². The highest BCUT2D eigenvalue weighted by Gasteiger charge is 2.17. The van der Waals surface area contributed by atoms with Crippen LogP contribution in [-0.2, 0) is 10.0 Å². The van der Waals surface area contributed by atoms with Gasteiger partial charge >= 0.3 is 0 Å². The Labute approximate surface area is 102 Å². The van der Waals surface area contributed by atoms with Crippen LogP contribution in [0.25, 0.3) is 0 Å². The minimum Gasteiger partial charge on any atom is -0.209 e. The van der Waals surface area contributed by atoms with Gasteiger partial charge in [-0.15, -0.1) is 0 Å². The van der Waals surface area contributed by atoms with Crippen molar-refractivity contribution in [1.29, 1.82) is 5.26 Å². The van der Waals surface area contributed by atoms with Crippen molar-refractivity contribution < 1.29 is 17.2 Å². The molecule has 1 rings (SSSR count). The molecule has 92 valence electrons. The second kappa shape index (κ2) is 5.40. The Bertz CT molecular complexity index is 555. The second-order valence-corrected chi connectivity index (χ2v) is 5.17. The summed E-state index contributed by atoms with van der Waals surface area (Å²) in [4.78, 5) is -0.262. The number of nitrogens with one attached hydrogen (secondary N) is 1. The number of nitrogens with zero attached hydrogens (tertiary/aromatic N) is 1. The van der Waals surface area contributed by atoms with Crippen molar-refractivity contribution in [3.63, 3.8) is 0 Å². The third kappa shape index (κ3) is 3.63. The van der Waals surface area contributed by atoms with Gasteiger partial charge in [0.1, 0.15) is 6.07 Å². The van der Waals surface area contributed by atoms with Crippen molar-refractivity contribution >= 4 is 21.6 Å². The van der Waals surface area contributed by atoms with Crippen LogP contribution in [0.3, 0.4) is 0 Å². The Morgan fingerprint density at radius 3 is 2.59 bits per heavy atom. The minimum atomic E-state index is -4.03. The lowest BCUT2D eigenvalue weighted by Crippen LogP contribution is -2.28. The Morgan fingerprint density at radius 2 is 2.12 bits per heavy atom. The largest absolute Gasteiger partial charge is 0.251 e. The fourth-order valence-corrected chi connectivity index (χ4v) is 2.33. The van der Waals surface area contributed by atoms with Crippen LogP contribution in [0, 0.1) is 11.3 Å². The van der Waals surface area contributed by atoms with E-state index >= 15 is 0 Å². The topological polar surface area (TPSA) is 70.0 Å². The Hall–Kier alpha value is -1.23. The lowest BCUT2D eigenvalue weighted by molar-refractivity contribution is 0.153. The number of rotatable bonds is 4. The van der Waals surface area contributed by atoms with E-state index in [1.165, 1.54) is 6.07 Å². The lowest BCUT2D eigenvalue weighted by Gasteiger charge is -2.06. The van der Waals surface area contributed by atoms with Gasteiger partial charge in [0.2, 0.25) is 10.0 Å². The highest BCUT2D eigenvalue weighted by molar-refractivity contribution is 7.89. The first-order chi connectivity index (χ1) is 7.86. The van der Waals surface area contributed by atoms with E-state index in [0.29, 0.717) is 0 Å². The van der Waals surface area contributed by atoms with E-state index in [1.807, 2.05) is 0 Å². The number of sulfonamides is 1. The lowest BCUT2D eigenvalue weighted by atomic mass is 10.2. The van der Waals surface area contributed by atoms with Crippen LogP contribution in [0.2, 0.25) is 5.02 Å². The number of hydrogen-bond donors (Lipinski definition) is 1. The number of benzene rings is 1. The van der Waals surface area contributed by atoms with Crippen molar-refractivity contribution in [2.75, 3.05) is 6.54 Å². The number of alkyl halides is 2. The van der Waals surface area contributed by atoms with E-state index in [4.69, 9.17) is 16.9 Å². The molecule has 0 aliphatic heterocycles. The first-order valence-electron chi connectivity index (χ1n) is 4.34. The van der Waals surface area contributed by atoms with Gasteiger partial charge in [-0.3, -0.25) is 0 Å². The fraction of sp³-hybridized carbons (Fsp3) is 0.222. The smallest absolute Gasteiger partial charge is 0.209 e. The summed E-state index contributed by atoms with van der Waals surface area (Å²) in [5.74, 6) is 0. The summed E-state index contributed by atoms with van der Waals surface area (Å²) in [7, 11) is -4.03. The van der Waals surface area contributed by atoms with E-state index in [-0.39, 0.29) is 15.5 Å². The number of nitriles is 1. The molecule has 0 saturated carbocycles. The van der Waals surface area contributed by atoms with Crippen LogP contribution in [0.15, 0.2) is 23.1 Å². The van der Waals surface area contributed by atoms with Crippen LogP contribution in [0.5, 0.6) is 0 Å². The Balaban J connectivity index is 3.01. The van der Waals surface area contributed by atoms with Gasteiger partial charge in [-0.1, -0.05) is 11.6 Å². The summed E-state index contributed by atoms with van der Waals surface area (Å²) in [6, 6.07) is 5.12. The molecule has 0 aromatic heterocycles. The first kappa shape index (κ1) is 13.8. The molecule has 4 nitrogen and oxygen atoms in total. The molecule has 0 heterocycles. The van der Waals surface area contributed by atoms with E-state index in [9.17, 15) is 17.2 Å². The first-order valence-corrected chi connectivity index (χ1v) is 6.20. The maximum absolute atomic E-state index is 11.9. The summed E-state index contributed by atoms with van der Waals surface area (Å²) in [5, 5.41) is 8.54. The molecule has 0 aliphatic rings. The van der Waals surface area contributed by atoms with Gasteiger partial charge in [-0.2, -0.15) is 5.26 Å². The average Bonchev–Trinajstić information content (AvgIpc) is 2.26. The molecule has 0 unspecified atom stereocenters. The number of hydrogen-bond acceptors (Lipinski definition) is 3. The summed E-state index contributed by atoms with van der Waals surface area (Å²) in [6.07, 6.45) is -2.78. The molecule has 0 atom stereocenters. The third-order valence-electron chi connectivity index (χ3n) is 1.80. The molecule has 0 spiro atoms. The summed E-state index contributed by atoms with van der Waals surface area (Å²) in [6.45, 7) is -0.972. The quantitative estimate of drug-likeness (QED) is 0.913. The van der Waals surface area contributed by atoms with Crippen molar-refractivity contribution in [2.45, 2.75) is 11.3 Å². The Morgan fingerprint density at radius 1 is 1.47 bits per heavy atom. The predicted molar refractivity (Wildman–Crippen MR) is 57.4 cm³/mol. The third-order valence-corrected chi connectivity index (χ3v) is 3.53. The van der Waals surface area contributed by atoms with Gasteiger partial charge < -0.3 is 0 Å². The maximum Gasteiger partial charge on any atom is 0.251 e. The summed E-state index contributed by atoms with van der Waals surface area (Å²) < 4.78 is 48.5. The van der Waals surface area contributed by atoms with Crippen molar-refractivity contribution in [2.24, 2.45) is 0 Å². The molecular weight excluding hydrogens is 274 g/mol. The van der Waals surface area contributed by atoms with Crippen molar-refractivity contribution in [3.8, 4) is 6.07 Å². The fourth-order valence-electron chi connectivity index (χ4n) is 1.01. The normalized spacial score (nSPS) is 11.5. The molecule has 0 saturated heterocycles. The van der Waals surface area contributed by atoms with E-state index in [0.717, 1.165) is 12.1 Å². The SMILES string of the molecule is N#Cc1ccc(S(=O)(=O)NCC(F)F)cc1Cl. The molecule has 0 amide bonds. The van der Waals surface area contributed by atoms with Crippen LogP contribution >= 0.6 is 11.6 Å². The zero-order chi connectivity index (χ0) is 13.1. The van der Waals surface area contributed by atoms with Gasteiger partial charge in [0.25, 0.3) is 6.43 Å². The highest BCUT2D eigenvalue weighted by atomic mass is 35.5. The van der Waals surface area contributed by atoms with E-state index in [1.54, 1.807) is 10.8 Å².